The molecule has 2 aromatic carbocycles. The molecule has 5 aromatic rings. The van der Waals surface area contributed by atoms with Crippen LogP contribution in [0.5, 0.6) is 0 Å². The number of alkyl halides is 8. The Morgan fingerprint density at radius 1 is 0.931 bits per heavy atom. The number of halogens is 11. The Kier molecular flexibility index (Phi) is 18.1. The van der Waals surface area contributed by atoms with Gasteiger partial charge in [-0.2, -0.15) is 45.3 Å². The number of pyridine rings is 1. The van der Waals surface area contributed by atoms with Crippen molar-refractivity contribution in [2.75, 3.05) is 30.2 Å². The maximum atomic E-state index is 16.8. The summed E-state index contributed by atoms with van der Waals surface area (Å²) in [6.45, 7) is 5.62. The summed E-state index contributed by atoms with van der Waals surface area (Å²) in [5, 5.41) is 10.8. The van der Waals surface area contributed by atoms with Gasteiger partial charge in [0.25, 0.3) is 11.8 Å². The van der Waals surface area contributed by atoms with Crippen molar-refractivity contribution in [1.29, 1.82) is 0 Å². The molecular formula is C53H55ClF10N11O10S2-. The second-order valence-corrected chi connectivity index (χ2v) is 26.6. The predicted molar refractivity (Wildman–Crippen MR) is 292 cm³/mol. The SMILES string of the molecule is CC(C)(C)OC(=O)C(C(=O)NC(Cc1cc(F)cc(F)c1)c1nc(C#CC(C)(C)S(C)(=O)=O)ccc1-c1ccc(Cl)c2c(N(CC(=O)NCCN=C(N)N)S(=O)[O-])nn(CC(F)(F)F)c12)(C(=O)OC(C)(C)C)n1nc(C(F)(F)F)c2c1C(F)(F)[C@@H]1C[C@H]21. The minimum Gasteiger partial charge on any atom is -0.755 e. The van der Waals surface area contributed by atoms with Crippen molar-refractivity contribution < 1.29 is 89.7 Å². The molecule has 4 atom stereocenters. The molecule has 6 N–H and O–H groups in total. The summed E-state index contributed by atoms with van der Waals surface area (Å²) in [6.07, 6.45) is -11.6. The molecule has 2 amide bonds. The van der Waals surface area contributed by atoms with Crippen LogP contribution in [-0.2, 0) is 80.4 Å². The molecule has 1 saturated carbocycles. The Balaban J connectivity index is 1.61. The van der Waals surface area contributed by atoms with E-state index in [1.807, 2.05) is 0 Å². The number of sulfone groups is 1. The second-order valence-electron chi connectivity index (χ2n) is 22.8. The van der Waals surface area contributed by atoms with Crippen molar-refractivity contribution in [2.24, 2.45) is 22.4 Å². The summed E-state index contributed by atoms with van der Waals surface area (Å²) in [6, 6.07) is 3.56. The molecule has 3 aromatic heterocycles. The van der Waals surface area contributed by atoms with E-state index < -0.39 is 212 Å². The van der Waals surface area contributed by atoms with Gasteiger partial charge in [0.1, 0.15) is 52.1 Å². The molecule has 21 nitrogen and oxygen atoms in total. The first-order valence-electron chi connectivity index (χ1n) is 25.8. The van der Waals surface area contributed by atoms with Crippen LogP contribution in [0.15, 0.2) is 47.5 Å². The molecule has 2 aliphatic rings. The van der Waals surface area contributed by atoms with Crippen LogP contribution in [0.1, 0.15) is 108 Å². The number of nitrogens with one attached hydrogen (secondary N) is 2. The van der Waals surface area contributed by atoms with Crippen molar-refractivity contribution in [1.82, 2.24) is 35.2 Å². The molecule has 34 heteroatoms. The summed E-state index contributed by atoms with van der Waals surface area (Å²) in [4.78, 5) is 67.9. The van der Waals surface area contributed by atoms with Crippen LogP contribution in [0.3, 0.4) is 0 Å². The first kappa shape index (κ1) is 66.9. The average molecular weight is 1300 g/mol. The quantitative estimate of drug-likeness (QED) is 0.0104. The molecule has 0 bridgehead atoms. The summed E-state index contributed by atoms with van der Waals surface area (Å²) in [7, 11) is -4.05. The van der Waals surface area contributed by atoms with Crippen molar-refractivity contribution in [2.45, 2.75) is 126 Å². The van der Waals surface area contributed by atoms with Crippen LogP contribution in [0.4, 0.5) is 49.7 Å². The fraction of sp³-hybridized carbons (Fsp3) is 0.472. The topological polar surface area (TPSA) is 301 Å². The molecule has 0 radical (unpaired) electrons. The first-order valence-corrected chi connectivity index (χ1v) is 29.1. The number of carbonyl (C=O) groups excluding carboxylic acids is 4. The Bertz CT molecular complexity index is 3800. The number of fused-ring (bicyclic) bond motifs is 4. The highest BCUT2D eigenvalue weighted by Gasteiger charge is 2.72. The lowest BCUT2D eigenvalue weighted by Crippen LogP contribution is -2.64. The number of nitrogens with two attached hydrogens (primary N) is 2. The van der Waals surface area contributed by atoms with Gasteiger partial charge < -0.3 is 36.1 Å². The lowest BCUT2D eigenvalue weighted by Gasteiger charge is -2.36. The molecule has 472 valence electrons. The highest BCUT2D eigenvalue weighted by atomic mass is 35.5. The highest BCUT2D eigenvalue weighted by Crippen LogP contribution is 2.69. The normalized spacial score (nSPS) is 16.6. The van der Waals surface area contributed by atoms with Crippen LogP contribution in [-0.4, -0.2) is 119 Å². The highest BCUT2D eigenvalue weighted by molar-refractivity contribution is 7.92. The standard InChI is InChI=1S/C53H56ClF10N11O10S2/c1-47(2,3)84-44(78)51(45(79)85-48(4,5)6,75-41-36(40(71-75)53(62,63)64)31-22-32(31)52(41,60)61)43(77)70-34(20-25-18-26(55)21-27(56)19-25)38-29(11-10-28(69-38)14-15-49(7,8)87(9,82)83)30-12-13-33(54)37-39(30)73(24-50(57,58)59)72-42(37)74(86(80)81)23-35(76)67-16-17-68-46(65)66/h10-13,18-19,21,31-32,34H,16-17,20,22-24H2,1-9H3,(H,67,76)(H,70,77)(H,80,81)(H4,65,66,68)/p-1/t31-,32+,34?/m0/s1. The van der Waals surface area contributed by atoms with Crippen LogP contribution >= 0.6 is 11.6 Å². The largest absolute Gasteiger partial charge is 0.755 e. The smallest absolute Gasteiger partial charge is 0.435 e. The first-order chi connectivity index (χ1) is 39.8. The third-order valence-corrected chi connectivity index (χ3v) is 16.3. The predicted octanol–water partition coefficient (Wildman–Crippen LogP) is 6.66. The van der Waals surface area contributed by atoms with Crippen molar-refractivity contribution in [3.8, 4) is 23.0 Å². The summed E-state index contributed by atoms with van der Waals surface area (Å²) in [5.41, 5.74) is -5.71. The third kappa shape index (κ3) is 14.2. The molecular weight excluding hydrogens is 1240 g/mol. The number of carbonyl (C=O) groups is 4. The van der Waals surface area contributed by atoms with Crippen molar-refractivity contribution in [3.63, 3.8) is 0 Å². The van der Waals surface area contributed by atoms with E-state index in [4.69, 9.17) is 32.5 Å². The van der Waals surface area contributed by atoms with Gasteiger partial charge in [-0.15, -0.1) is 0 Å². The Morgan fingerprint density at radius 2 is 1.52 bits per heavy atom. The average Bonchev–Trinajstić information content (AvgIpc) is 1.51. The van der Waals surface area contributed by atoms with Crippen LogP contribution in [0.2, 0.25) is 5.02 Å². The lowest BCUT2D eigenvalue weighted by atomic mass is 9.91. The Hall–Kier alpha value is -7.57. The molecule has 1 fully saturated rings. The van der Waals surface area contributed by atoms with Crippen LogP contribution in [0.25, 0.3) is 22.0 Å². The van der Waals surface area contributed by atoms with Gasteiger partial charge in [0.05, 0.1) is 34.2 Å². The minimum atomic E-state index is -5.62. The molecule has 2 aliphatic carbocycles. The second kappa shape index (κ2) is 23.5. The van der Waals surface area contributed by atoms with E-state index in [1.165, 1.54) is 13.8 Å². The van der Waals surface area contributed by atoms with Crippen LogP contribution in [0, 0.1) is 29.4 Å². The van der Waals surface area contributed by atoms with E-state index in [1.54, 1.807) is 0 Å². The van der Waals surface area contributed by atoms with Gasteiger partial charge in [-0.1, -0.05) is 23.6 Å². The maximum absolute atomic E-state index is 16.8. The summed E-state index contributed by atoms with van der Waals surface area (Å²) in [5.74, 6) is -14.3. The molecule has 0 spiro atoms. The molecule has 0 saturated heterocycles. The van der Waals surface area contributed by atoms with E-state index in [2.05, 4.69) is 42.6 Å². The van der Waals surface area contributed by atoms with E-state index in [0.29, 0.717) is 18.2 Å². The maximum Gasteiger partial charge on any atom is 0.435 e. The number of esters is 2. The number of aromatic nitrogens is 5. The number of amides is 2. The zero-order chi connectivity index (χ0) is 65.3. The lowest BCUT2D eigenvalue weighted by molar-refractivity contribution is -0.187. The number of ether oxygens (including phenoxy) is 2. The van der Waals surface area contributed by atoms with E-state index in [0.717, 1.165) is 72.1 Å². The van der Waals surface area contributed by atoms with Gasteiger partial charge in [-0.25, -0.2) is 36.5 Å². The number of hydrogen-bond acceptors (Lipinski definition) is 14. The van der Waals surface area contributed by atoms with Gasteiger partial charge >= 0.3 is 29.8 Å². The minimum absolute atomic E-state index is 0.206. The van der Waals surface area contributed by atoms with Gasteiger partial charge in [0.2, 0.25) is 5.91 Å². The number of guanidine groups is 1. The van der Waals surface area contributed by atoms with Crippen LogP contribution < -0.4 is 26.4 Å². The number of aliphatic imine (C=N–C) groups is 1. The van der Waals surface area contributed by atoms with Gasteiger partial charge in [0.15, 0.2) is 27.3 Å². The zero-order valence-corrected chi connectivity index (χ0v) is 49.7. The fourth-order valence-electron chi connectivity index (χ4n) is 9.38. The molecule has 0 aliphatic heterocycles. The number of anilines is 1. The van der Waals surface area contributed by atoms with E-state index in [9.17, 15) is 35.1 Å². The van der Waals surface area contributed by atoms with E-state index >= 15 is 45.1 Å². The zero-order valence-electron chi connectivity index (χ0n) is 47.4. The number of benzene rings is 2. The van der Waals surface area contributed by atoms with Gasteiger partial charge in [0, 0.05) is 52.7 Å². The summed E-state index contributed by atoms with van der Waals surface area (Å²) < 4.78 is 215. The van der Waals surface area contributed by atoms with Crippen molar-refractivity contribution in [3.05, 3.63) is 93.0 Å². The molecule has 3 heterocycles. The fourth-order valence-corrected chi connectivity index (χ4v) is 10.3. The van der Waals surface area contributed by atoms with Gasteiger partial charge in [-0.05, 0) is 116 Å². The van der Waals surface area contributed by atoms with Gasteiger partial charge in [-0.3, -0.25) is 27.8 Å². The molecule has 7 rings (SSSR count). The number of nitrogens with zero attached hydrogens (tertiary/aromatic N) is 7. The third-order valence-electron chi connectivity index (χ3n) is 13.4. The van der Waals surface area contributed by atoms with Crippen molar-refractivity contribution >= 4 is 79.1 Å². The monoisotopic (exact) mass is 1290 g/mol. The number of hydrogen-bond donors (Lipinski definition) is 4. The summed E-state index contributed by atoms with van der Waals surface area (Å²) >= 11 is 3.14. The Labute approximate surface area is 497 Å². The van der Waals surface area contributed by atoms with E-state index in [-0.39, 0.29) is 28.0 Å². The Morgan fingerprint density at radius 3 is 2.05 bits per heavy atom. The number of rotatable bonds is 18. The molecule has 2 unspecified atom stereocenters. The molecule has 87 heavy (non-hydrogen) atoms.